The van der Waals surface area contributed by atoms with E-state index in [1.807, 2.05) is 38.1 Å². The summed E-state index contributed by atoms with van der Waals surface area (Å²) in [4.78, 5) is 29.9. The summed E-state index contributed by atoms with van der Waals surface area (Å²) in [5.41, 5.74) is 6.57. The molecule has 0 saturated carbocycles. The van der Waals surface area contributed by atoms with Gasteiger partial charge < -0.3 is 20.2 Å². The number of rotatable bonds is 4. The number of nitrogens with zero attached hydrogens (tertiary/aromatic N) is 2. The van der Waals surface area contributed by atoms with Crippen molar-refractivity contribution in [2.24, 2.45) is 0 Å². The Balaban J connectivity index is 1.59. The number of β-lactam (4-membered cyclic amide) rings is 1. The average molecular weight is 420 g/mol. The fourth-order valence-corrected chi connectivity index (χ4v) is 5.34. The van der Waals surface area contributed by atoms with Crippen LogP contribution in [-0.2, 0) is 22.4 Å². The fourth-order valence-electron chi connectivity index (χ4n) is 5.34. The zero-order chi connectivity index (χ0) is 21.7. The molecule has 0 unspecified atom stereocenters. The number of para-hydroxylation sites is 1. The van der Waals surface area contributed by atoms with Gasteiger partial charge in [-0.3, -0.25) is 9.59 Å². The Kier molecular flexibility index (Phi) is 4.88. The number of likely N-dealkylation sites (tertiary alicyclic amines) is 1. The first-order valence-electron chi connectivity index (χ1n) is 11.2. The SMILES string of the molecule is Cc1cccc(C)c1NC(=O)[C@H](c1cc2c3c(c1O)CCCN3CCC2)N1CCC1=O. The first-order chi connectivity index (χ1) is 15.0. The zero-order valence-corrected chi connectivity index (χ0v) is 18.2. The normalized spacial score (nSPS) is 18.3. The first kappa shape index (κ1) is 19.9. The molecule has 0 aromatic heterocycles. The van der Waals surface area contributed by atoms with E-state index in [1.165, 1.54) is 5.56 Å². The summed E-state index contributed by atoms with van der Waals surface area (Å²) in [5, 5.41) is 14.4. The second-order valence-electron chi connectivity index (χ2n) is 8.99. The van der Waals surface area contributed by atoms with E-state index in [1.54, 1.807) is 4.90 Å². The van der Waals surface area contributed by atoms with Crippen molar-refractivity contribution in [1.82, 2.24) is 4.90 Å². The number of benzene rings is 2. The highest BCUT2D eigenvalue weighted by atomic mass is 16.3. The number of carbonyl (C=O) groups excluding carboxylic acids is 2. The second-order valence-corrected chi connectivity index (χ2v) is 8.99. The summed E-state index contributed by atoms with van der Waals surface area (Å²) >= 11 is 0. The average Bonchev–Trinajstić information content (AvgIpc) is 2.76. The molecule has 2 amide bonds. The third kappa shape index (κ3) is 3.25. The number of hydrogen-bond acceptors (Lipinski definition) is 4. The van der Waals surface area contributed by atoms with Crippen LogP contribution in [-0.4, -0.2) is 41.5 Å². The largest absolute Gasteiger partial charge is 0.507 e. The van der Waals surface area contributed by atoms with Crippen LogP contribution in [0.1, 0.15) is 53.1 Å². The number of carbonyl (C=O) groups is 2. The van der Waals surface area contributed by atoms with E-state index in [0.717, 1.165) is 66.8 Å². The molecule has 6 nitrogen and oxygen atoms in total. The molecule has 2 aromatic carbocycles. The second kappa shape index (κ2) is 7.59. The Morgan fingerprint density at radius 3 is 2.42 bits per heavy atom. The van der Waals surface area contributed by atoms with Crippen molar-refractivity contribution >= 4 is 23.2 Å². The molecule has 1 saturated heterocycles. The molecule has 1 atom stereocenters. The summed E-state index contributed by atoms with van der Waals surface area (Å²) in [6.07, 6.45) is 4.24. The topological polar surface area (TPSA) is 72.9 Å². The predicted molar refractivity (Wildman–Crippen MR) is 121 cm³/mol. The zero-order valence-electron chi connectivity index (χ0n) is 18.2. The summed E-state index contributed by atoms with van der Waals surface area (Å²) in [6.45, 7) is 6.48. The fraction of sp³-hybridized carbons (Fsp3) is 0.440. The van der Waals surface area contributed by atoms with Crippen LogP contribution >= 0.6 is 0 Å². The summed E-state index contributed by atoms with van der Waals surface area (Å²) in [5.74, 6) is -0.128. The number of phenols is 1. The van der Waals surface area contributed by atoms with E-state index < -0.39 is 6.04 Å². The van der Waals surface area contributed by atoms with Crippen molar-refractivity contribution in [2.45, 2.75) is 52.0 Å². The van der Waals surface area contributed by atoms with Gasteiger partial charge in [-0.2, -0.15) is 0 Å². The Labute approximate surface area is 182 Å². The highest BCUT2D eigenvalue weighted by Crippen LogP contribution is 2.45. The van der Waals surface area contributed by atoms with Crippen molar-refractivity contribution in [3.63, 3.8) is 0 Å². The maximum absolute atomic E-state index is 13.6. The Bertz CT molecular complexity index is 1060. The molecule has 3 aliphatic heterocycles. The molecule has 162 valence electrons. The van der Waals surface area contributed by atoms with Gasteiger partial charge in [0.25, 0.3) is 5.91 Å². The number of aryl methyl sites for hydroxylation is 3. The molecule has 6 heteroatoms. The lowest BCUT2D eigenvalue weighted by molar-refractivity contribution is -0.147. The highest BCUT2D eigenvalue weighted by molar-refractivity contribution is 6.00. The van der Waals surface area contributed by atoms with Gasteiger partial charge in [0.2, 0.25) is 5.91 Å². The summed E-state index contributed by atoms with van der Waals surface area (Å²) in [7, 11) is 0. The van der Waals surface area contributed by atoms with Crippen LogP contribution in [0.25, 0.3) is 0 Å². The molecule has 1 fully saturated rings. The van der Waals surface area contributed by atoms with Gasteiger partial charge in [-0.25, -0.2) is 0 Å². The smallest absolute Gasteiger partial charge is 0.251 e. The third-order valence-electron chi connectivity index (χ3n) is 7.00. The maximum atomic E-state index is 13.6. The van der Waals surface area contributed by atoms with Crippen molar-refractivity contribution in [3.8, 4) is 5.75 Å². The number of hydrogen-bond donors (Lipinski definition) is 2. The lowest BCUT2D eigenvalue weighted by Crippen LogP contribution is -2.49. The van der Waals surface area contributed by atoms with Gasteiger partial charge in [0.1, 0.15) is 11.8 Å². The molecular formula is C25H29N3O3. The summed E-state index contributed by atoms with van der Waals surface area (Å²) < 4.78 is 0. The Hall–Kier alpha value is -3.02. The van der Waals surface area contributed by atoms with Gasteiger partial charge in [-0.15, -0.1) is 0 Å². The van der Waals surface area contributed by atoms with E-state index >= 15 is 0 Å². The standard InChI is InChI=1S/C25H29N3O3/c1-15-6-3-7-16(2)21(15)26-25(31)23(28-13-10-20(28)29)19-14-17-8-4-11-27-12-5-9-18(22(17)27)24(19)30/h3,6-7,14,23,30H,4-5,8-13H2,1-2H3,(H,26,31)/t23-/m0/s1. The Morgan fingerprint density at radius 2 is 1.77 bits per heavy atom. The molecule has 2 aromatic rings. The van der Waals surface area contributed by atoms with E-state index in [9.17, 15) is 14.7 Å². The van der Waals surface area contributed by atoms with Crippen molar-refractivity contribution in [2.75, 3.05) is 29.9 Å². The van der Waals surface area contributed by atoms with Gasteiger partial charge in [0, 0.05) is 48.6 Å². The molecule has 0 spiro atoms. The number of anilines is 2. The van der Waals surface area contributed by atoms with Gasteiger partial charge in [-0.05, 0) is 62.3 Å². The lowest BCUT2D eigenvalue weighted by Gasteiger charge is -2.41. The van der Waals surface area contributed by atoms with Gasteiger partial charge in [0.15, 0.2) is 0 Å². The molecule has 3 aliphatic rings. The number of nitrogens with one attached hydrogen (secondary N) is 1. The third-order valence-corrected chi connectivity index (χ3v) is 7.00. The molecule has 31 heavy (non-hydrogen) atoms. The number of aromatic hydroxyl groups is 1. The van der Waals surface area contributed by atoms with E-state index in [0.29, 0.717) is 18.5 Å². The maximum Gasteiger partial charge on any atom is 0.251 e. The highest BCUT2D eigenvalue weighted by Gasteiger charge is 2.40. The molecule has 0 bridgehead atoms. The van der Waals surface area contributed by atoms with Crippen LogP contribution in [0.5, 0.6) is 5.75 Å². The monoisotopic (exact) mass is 419 g/mol. The molecule has 0 radical (unpaired) electrons. The van der Waals surface area contributed by atoms with Gasteiger partial charge in [0.05, 0.1) is 0 Å². The van der Waals surface area contributed by atoms with E-state index in [-0.39, 0.29) is 17.6 Å². The van der Waals surface area contributed by atoms with Crippen LogP contribution in [0.4, 0.5) is 11.4 Å². The van der Waals surface area contributed by atoms with Crippen LogP contribution in [0.3, 0.4) is 0 Å². The minimum atomic E-state index is -0.820. The Morgan fingerprint density at radius 1 is 1.06 bits per heavy atom. The van der Waals surface area contributed by atoms with Crippen molar-refractivity contribution in [3.05, 3.63) is 52.1 Å². The van der Waals surface area contributed by atoms with Crippen LogP contribution in [0, 0.1) is 13.8 Å². The quantitative estimate of drug-likeness (QED) is 0.743. The molecule has 3 heterocycles. The lowest BCUT2D eigenvalue weighted by atomic mass is 9.86. The minimum Gasteiger partial charge on any atom is -0.507 e. The van der Waals surface area contributed by atoms with Crippen LogP contribution in [0.15, 0.2) is 24.3 Å². The molecular weight excluding hydrogens is 390 g/mol. The van der Waals surface area contributed by atoms with E-state index in [4.69, 9.17) is 0 Å². The van der Waals surface area contributed by atoms with Gasteiger partial charge >= 0.3 is 0 Å². The van der Waals surface area contributed by atoms with Crippen LogP contribution < -0.4 is 10.2 Å². The predicted octanol–water partition coefficient (Wildman–Crippen LogP) is 3.62. The van der Waals surface area contributed by atoms with Crippen molar-refractivity contribution < 1.29 is 14.7 Å². The first-order valence-corrected chi connectivity index (χ1v) is 11.2. The van der Waals surface area contributed by atoms with Gasteiger partial charge in [-0.1, -0.05) is 18.2 Å². The minimum absolute atomic E-state index is 0.0472. The molecule has 2 N–H and O–H groups in total. The van der Waals surface area contributed by atoms with Crippen LogP contribution in [0.2, 0.25) is 0 Å². The summed E-state index contributed by atoms with van der Waals surface area (Å²) in [6, 6.07) is 7.04. The number of amides is 2. The van der Waals surface area contributed by atoms with E-state index in [2.05, 4.69) is 10.2 Å². The molecule has 0 aliphatic carbocycles. The van der Waals surface area contributed by atoms with Crippen molar-refractivity contribution in [1.29, 1.82) is 0 Å². The molecule has 5 rings (SSSR count). The number of phenolic OH excluding ortho intramolecular Hbond substituents is 1.